The standard InChI is InChI=1S/C15H22N2O4/c1-17(15(18)12-10-21-8-7-16-12)9-11-5-4-6-13(19-2)14(11)20-3/h4-6,12,16H,7-10H2,1-3H3. The molecule has 0 saturated carbocycles. The van der Waals surface area contributed by atoms with E-state index in [0.29, 0.717) is 37.8 Å². The number of carbonyl (C=O) groups is 1. The Morgan fingerprint density at radius 3 is 2.86 bits per heavy atom. The summed E-state index contributed by atoms with van der Waals surface area (Å²) in [7, 11) is 4.97. The minimum atomic E-state index is -0.277. The Morgan fingerprint density at radius 1 is 1.43 bits per heavy atom. The van der Waals surface area contributed by atoms with Crippen LogP contribution in [0.25, 0.3) is 0 Å². The van der Waals surface area contributed by atoms with E-state index < -0.39 is 0 Å². The van der Waals surface area contributed by atoms with Gasteiger partial charge in [0.15, 0.2) is 11.5 Å². The molecule has 6 heteroatoms. The molecule has 1 amide bonds. The molecular formula is C15H22N2O4. The fourth-order valence-corrected chi connectivity index (χ4v) is 2.40. The largest absolute Gasteiger partial charge is 0.493 e. The van der Waals surface area contributed by atoms with Gasteiger partial charge in [-0.3, -0.25) is 4.79 Å². The van der Waals surface area contributed by atoms with Crippen molar-refractivity contribution in [1.29, 1.82) is 0 Å². The van der Waals surface area contributed by atoms with Gasteiger partial charge in [0.05, 0.1) is 27.4 Å². The zero-order valence-electron chi connectivity index (χ0n) is 12.7. The third kappa shape index (κ3) is 3.65. The maximum atomic E-state index is 12.4. The van der Waals surface area contributed by atoms with Gasteiger partial charge in [-0.15, -0.1) is 0 Å². The van der Waals surface area contributed by atoms with E-state index in [1.807, 2.05) is 18.2 Å². The van der Waals surface area contributed by atoms with Gasteiger partial charge in [0.1, 0.15) is 6.04 Å². The van der Waals surface area contributed by atoms with E-state index in [4.69, 9.17) is 14.2 Å². The molecule has 1 N–H and O–H groups in total. The molecule has 0 aliphatic carbocycles. The van der Waals surface area contributed by atoms with Crippen LogP contribution < -0.4 is 14.8 Å². The van der Waals surface area contributed by atoms with E-state index >= 15 is 0 Å². The molecule has 6 nitrogen and oxygen atoms in total. The summed E-state index contributed by atoms with van der Waals surface area (Å²) in [5, 5.41) is 3.16. The Balaban J connectivity index is 2.08. The molecule has 1 aromatic carbocycles. The molecule has 1 aliphatic heterocycles. The summed E-state index contributed by atoms with van der Waals surface area (Å²) >= 11 is 0. The highest BCUT2D eigenvalue weighted by molar-refractivity contribution is 5.82. The highest BCUT2D eigenvalue weighted by Crippen LogP contribution is 2.31. The van der Waals surface area contributed by atoms with Crippen molar-refractivity contribution in [2.75, 3.05) is 41.0 Å². The lowest BCUT2D eigenvalue weighted by molar-refractivity contribution is -0.135. The lowest BCUT2D eigenvalue weighted by Crippen LogP contribution is -2.51. The van der Waals surface area contributed by atoms with Crippen molar-refractivity contribution < 1.29 is 19.0 Å². The van der Waals surface area contributed by atoms with E-state index in [1.54, 1.807) is 26.2 Å². The maximum absolute atomic E-state index is 12.4. The van der Waals surface area contributed by atoms with Crippen LogP contribution in [0, 0.1) is 0 Å². The molecule has 2 rings (SSSR count). The first kappa shape index (κ1) is 15.6. The Bertz CT molecular complexity index is 487. The van der Waals surface area contributed by atoms with E-state index in [2.05, 4.69) is 5.32 Å². The van der Waals surface area contributed by atoms with E-state index in [-0.39, 0.29) is 11.9 Å². The quantitative estimate of drug-likeness (QED) is 0.864. The Morgan fingerprint density at radius 2 is 2.24 bits per heavy atom. The lowest BCUT2D eigenvalue weighted by atomic mass is 10.1. The van der Waals surface area contributed by atoms with Crippen LogP contribution in [-0.4, -0.2) is 57.9 Å². The summed E-state index contributed by atoms with van der Waals surface area (Å²) in [5.74, 6) is 1.34. The second-order valence-electron chi connectivity index (χ2n) is 4.93. The predicted molar refractivity (Wildman–Crippen MR) is 78.6 cm³/mol. The van der Waals surface area contributed by atoms with Crippen molar-refractivity contribution in [3.05, 3.63) is 23.8 Å². The van der Waals surface area contributed by atoms with Crippen molar-refractivity contribution in [1.82, 2.24) is 10.2 Å². The van der Waals surface area contributed by atoms with Crippen molar-refractivity contribution in [2.24, 2.45) is 0 Å². The van der Waals surface area contributed by atoms with Crippen molar-refractivity contribution >= 4 is 5.91 Å². The number of ether oxygens (including phenoxy) is 3. The summed E-state index contributed by atoms with van der Waals surface area (Å²) in [6, 6.07) is 5.37. The summed E-state index contributed by atoms with van der Waals surface area (Å²) in [6.45, 7) is 2.22. The van der Waals surface area contributed by atoms with E-state index in [0.717, 1.165) is 5.56 Å². The number of benzene rings is 1. The average molecular weight is 294 g/mol. The number of hydrogen-bond donors (Lipinski definition) is 1. The van der Waals surface area contributed by atoms with Crippen LogP contribution in [0.2, 0.25) is 0 Å². The Hall–Kier alpha value is -1.79. The second kappa shape index (κ2) is 7.28. The van der Waals surface area contributed by atoms with Gasteiger partial charge in [0.2, 0.25) is 5.91 Å². The molecule has 116 valence electrons. The number of carbonyl (C=O) groups excluding carboxylic acids is 1. The van der Waals surface area contributed by atoms with Crippen molar-refractivity contribution in [3.63, 3.8) is 0 Å². The molecule has 1 atom stereocenters. The van der Waals surface area contributed by atoms with Crippen LogP contribution in [0.3, 0.4) is 0 Å². The Kier molecular flexibility index (Phi) is 5.41. The molecule has 0 bridgehead atoms. The minimum Gasteiger partial charge on any atom is -0.493 e. The molecule has 1 heterocycles. The van der Waals surface area contributed by atoms with Gasteiger partial charge in [-0.05, 0) is 6.07 Å². The molecule has 1 aromatic rings. The number of likely N-dealkylation sites (N-methyl/N-ethyl adjacent to an activating group) is 1. The van der Waals surface area contributed by atoms with Crippen LogP contribution >= 0.6 is 0 Å². The molecule has 21 heavy (non-hydrogen) atoms. The number of nitrogens with zero attached hydrogens (tertiary/aromatic N) is 1. The number of rotatable bonds is 5. The smallest absolute Gasteiger partial charge is 0.242 e. The highest BCUT2D eigenvalue weighted by Gasteiger charge is 2.25. The zero-order valence-corrected chi connectivity index (χ0v) is 12.7. The molecule has 1 fully saturated rings. The molecule has 1 aliphatic rings. The van der Waals surface area contributed by atoms with Crippen molar-refractivity contribution in [3.8, 4) is 11.5 Å². The van der Waals surface area contributed by atoms with Crippen LogP contribution in [-0.2, 0) is 16.1 Å². The number of morpholine rings is 1. The van der Waals surface area contributed by atoms with Gasteiger partial charge in [-0.25, -0.2) is 0 Å². The van der Waals surface area contributed by atoms with E-state index in [1.165, 1.54) is 0 Å². The first-order chi connectivity index (χ1) is 10.2. The van der Waals surface area contributed by atoms with Gasteiger partial charge in [0.25, 0.3) is 0 Å². The monoisotopic (exact) mass is 294 g/mol. The molecule has 0 aromatic heterocycles. The van der Waals surface area contributed by atoms with Gasteiger partial charge < -0.3 is 24.4 Å². The molecule has 0 radical (unpaired) electrons. The third-order valence-electron chi connectivity index (χ3n) is 3.49. The van der Waals surface area contributed by atoms with E-state index in [9.17, 15) is 4.79 Å². The van der Waals surface area contributed by atoms with Crippen LogP contribution in [0.15, 0.2) is 18.2 Å². The summed E-state index contributed by atoms with van der Waals surface area (Å²) < 4.78 is 16.0. The maximum Gasteiger partial charge on any atom is 0.242 e. The van der Waals surface area contributed by atoms with Crippen LogP contribution in [0.5, 0.6) is 11.5 Å². The molecular weight excluding hydrogens is 272 g/mol. The van der Waals surface area contributed by atoms with Gasteiger partial charge in [0, 0.05) is 25.7 Å². The normalized spacial score (nSPS) is 18.1. The van der Waals surface area contributed by atoms with Gasteiger partial charge in [-0.2, -0.15) is 0 Å². The lowest BCUT2D eigenvalue weighted by Gasteiger charge is -2.28. The van der Waals surface area contributed by atoms with Crippen molar-refractivity contribution in [2.45, 2.75) is 12.6 Å². The second-order valence-corrected chi connectivity index (χ2v) is 4.93. The average Bonchev–Trinajstić information content (AvgIpc) is 2.54. The molecule has 0 spiro atoms. The number of amides is 1. The van der Waals surface area contributed by atoms with Crippen LogP contribution in [0.1, 0.15) is 5.56 Å². The third-order valence-corrected chi connectivity index (χ3v) is 3.49. The number of nitrogens with one attached hydrogen (secondary N) is 1. The van der Waals surface area contributed by atoms with Crippen LogP contribution in [0.4, 0.5) is 0 Å². The summed E-state index contributed by atoms with van der Waals surface area (Å²) in [5.41, 5.74) is 0.907. The first-order valence-corrected chi connectivity index (χ1v) is 6.93. The predicted octanol–water partition coefficient (Wildman–Crippen LogP) is 0.651. The minimum absolute atomic E-state index is 0.0135. The topological polar surface area (TPSA) is 60.0 Å². The number of hydrogen-bond acceptors (Lipinski definition) is 5. The summed E-state index contributed by atoms with van der Waals surface area (Å²) in [4.78, 5) is 14.0. The molecule has 1 saturated heterocycles. The number of para-hydroxylation sites is 1. The highest BCUT2D eigenvalue weighted by atomic mass is 16.5. The molecule has 1 unspecified atom stereocenters. The fraction of sp³-hybridized carbons (Fsp3) is 0.533. The fourth-order valence-electron chi connectivity index (χ4n) is 2.40. The first-order valence-electron chi connectivity index (χ1n) is 6.93. The SMILES string of the molecule is COc1cccc(CN(C)C(=O)C2COCCN2)c1OC. The number of methoxy groups -OCH3 is 2. The zero-order chi connectivity index (χ0) is 15.2. The summed E-state index contributed by atoms with van der Waals surface area (Å²) in [6.07, 6.45) is 0. The van der Waals surface area contributed by atoms with Gasteiger partial charge >= 0.3 is 0 Å². The Labute approximate surface area is 125 Å². The van der Waals surface area contributed by atoms with Gasteiger partial charge in [-0.1, -0.05) is 12.1 Å².